The fourth-order valence-electron chi connectivity index (χ4n) is 11.5. The van der Waals surface area contributed by atoms with Gasteiger partial charge in [0.25, 0.3) is 0 Å². The van der Waals surface area contributed by atoms with Crippen molar-refractivity contribution in [1.82, 2.24) is 0 Å². The Balaban J connectivity index is 0.00000250. The first-order chi connectivity index (χ1) is 20.8. The smallest absolute Gasteiger partial charge is 0.550 e. The van der Waals surface area contributed by atoms with Gasteiger partial charge in [-0.25, -0.2) is 4.79 Å². The van der Waals surface area contributed by atoms with Crippen LogP contribution in [0.15, 0.2) is 35.9 Å². The Labute approximate surface area is 324 Å². The summed E-state index contributed by atoms with van der Waals surface area (Å²) in [6.45, 7) is 15.4. The summed E-state index contributed by atoms with van der Waals surface area (Å²) in [5.41, 5.74) is -0.559. The van der Waals surface area contributed by atoms with Crippen LogP contribution < -0.4 is 69.3 Å². The summed E-state index contributed by atoms with van der Waals surface area (Å²) in [7, 11) is 0. The van der Waals surface area contributed by atoms with Gasteiger partial charge in [-0.1, -0.05) is 66.2 Å². The second-order valence-corrected chi connectivity index (χ2v) is 17.2. The van der Waals surface area contributed by atoms with Crippen molar-refractivity contribution in [1.29, 1.82) is 0 Å². The maximum atomic E-state index is 14.6. The zero-order chi connectivity index (χ0) is 33.0. The summed E-state index contributed by atoms with van der Waals surface area (Å²) in [5.74, 6) is -2.54. The molecule has 9 heteroatoms. The van der Waals surface area contributed by atoms with Gasteiger partial charge in [0.15, 0.2) is 5.78 Å². The SMILES string of the molecule is CC1(C)[C@@H](OC(=O)c2ccc(C(=O)[O-])cc2)CC[C@]2(C)[C@H]3C(=O)C=C4[C@@H]5C[C@@](C)(C(=O)[O-])CC[C@]5(C)CC[C@@]4(C)[C@]3(C)CC[C@@H]12.[Na+].[Na+]. The van der Waals surface area contributed by atoms with E-state index < -0.39 is 23.3 Å². The molecule has 47 heavy (non-hydrogen) atoms. The van der Waals surface area contributed by atoms with Crippen LogP contribution in [0.5, 0.6) is 0 Å². The third-order valence-corrected chi connectivity index (χ3v) is 14.6. The summed E-state index contributed by atoms with van der Waals surface area (Å²) in [5, 5.41) is 23.4. The van der Waals surface area contributed by atoms with Gasteiger partial charge in [-0.3, -0.25) is 4.79 Å². The van der Waals surface area contributed by atoms with E-state index in [1.807, 2.05) is 13.0 Å². The predicted octanol–water partition coefficient (Wildman–Crippen LogP) is -0.686. The van der Waals surface area contributed by atoms with Crippen molar-refractivity contribution in [3.05, 3.63) is 47.0 Å². The fraction of sp³-hybridized carbons (Fsp3) is 0.684. The van der Waals surface area contributed by atoms with E-state index in [4.69, 9.17) is 4.74 Å². The number of esters is 1. The topological polar surface area (TPSA) is 124 Å². The molecule has 0 aliphatic heterocycles. The number of carboxylic acid groups (broad SMARTS) is 2. The van der Waals surface area contributed by atoms with Gasteiger partial charge >= 0.3 is 65.1 Å². The molecule has 0 N–H and O–H groups in total. The number of carbonyl (C=O) groups excluding carboxylic acids is 4. The Morgan fingerprint density at radius 1 is 0.787 bits per heavy atom. The number of ether oxygens (including phenoxy) is 1. The van der Waals surface area contributed by atoms with Crippen LogP contribution >= 0.6 is 0 Å². The molecule has 7 nitrogen and oxygen atoms in total. The monoisotopic (exact) mass is 662 g/mol. The second kappa shape index (κ2) is 12.7. The van der Waals surface area contributed by atoms with Gasteiger partial charge in [0.2, 0.25) is 0 Å². The van der Waals surface area contributed by atoms with Crippen molar-refractivity contribution < 1.29 is 93.2 Å². The zero-order valence-corrected chi connectivity index (χ0v) is 33.9. The normalized spacial score (nSPS) is 41.6. The number of carboxylic acids is 2. The molecular weight excluding hydrogens is 614 g/mol. The average molecular weight is 663 g/mol. The second-order valence-electron chi connectivity index (χ2n) is 17.2. The van der Waals surface area contributed by atoms with Crippen LogP contribution in [0.2, 0.25) is 0 Å². The van der Waals surface area contributed by atoms with E-state index in [1.54, 1.807) is 0 Å². The number of fused-ring (bicyclic) bond motifs is 7. The van der Waals surface area contributed by atoms with Crippen LogP contribution in [0.1, 0.15) is 127 Å². The van der Waals surface area contributed by atoms with E-state index in [0.717, 1.165) is 38.5 Å². The number of ketones is 1. The maximum Gasteiger partial charge on any atom is 1.00 e. The first kappa shape index (κ1) is 38.8. The quantitative estimate of drug-likeness (QED) is 0.309. The Morgan fingerprint density at radius 2 is 1.38 bits per heavy atom. The number of aliphatic carboxylic acids is 1. The summed E-state index contributed by atoms with van der Waals surface area (Å²) in [6, 6.07) is 5.63. The van der Waals surface area contributed by atoms with Crippen molar-refractivity contribution in [2.24, 2.45) is 50.2 Å². The number of aromatic carboxylic acids is 1. The van der Waals surface area contributed by atoms with Crippen LogP contribution in [0.3, 0.4) is 0 Å². The minimum absolute atomic E-state index is 0. The maximum absolute atomic E-state index is 14.6. The van der Waals surface area contributed by atoms with Crippen LogP contribution in [0.4, 0.5) is 0 Å². The van der Waals surface area contributed by atoms with Crippen LogP contribution in [0, 0.1) is 50.2 Å². The van der Waals surface area contributed by atoms with Crippen LogP contribution in [0.25, 0.3) is 0 Å². The Morgan fingerprint density at radius 3 is 1.98 bits per heavy atom. The summed E-state index contributed by atoms with van der Waals surface area (Å²) in [6.07, 6.45) is 8.81. The molecule has 9 atom stereocenters. The van der Waals surface area contributed by atoms with Gasteiger partial charge in [0.05, 0.1) is 11.5 Å². The Kier molecular flexibility index (Phi) is 10.5. The molecule has 4 fully saturated rings. The Bertz CT molecular complexity index is 1500. The van der Waals surface area contributed by atoms with E-state index in [9.17, 15) is 29.4 Å². The molecule has 0 aromatic heterocycles. The number of hydrogen-bond acceptors (Lipinski definition) is 7. The molecule has 0 spiro atoms. The zero-order valence-electron chi connectivity index (χ0n) is 29.9. The molecule has 0 radical (unpaired) electrons. The molecule has 0 amide bonds. The largest absolute Gasteiger partial charge is 1.00 e. The molecule has 0 unspecified atom stereocenters. The third-order valence-electron chi connectivity index (χ3n) is 14.6. The first-order valence-electron chi connectivity index (χ1n) is 16.8. The van der Waals surface area contributed by atoms with E-state index in [0.29, 0.717) is 24.8 Å². The molecule has 5 aliphatic carbocycles. The molecule has 0 heterocycles. The predicted molar refractivity (Wildman–Crippen MR) is 164 cm³/mol. The first-order valence-corrected chi connectivity index (χ1v) is 16.8. The average Bonchev–Trinajstić information content (AvgIpc) is 2.96. The molecule has 4 saturated carbocycles. The summed E-state index contributed by atoms with van der Waals surface area (Å²) in [4.78, 5) is 51.2. The minimum Gasteiger partial charge on any atom is -0.550 e. The van der Waals surface area contributed by atoms with Crippen molar-refractivity contribution >= 4 is 23.7 Å². The van der Waals surface area contributed by atoms with Gasteiger partial charge in [-0.15, -0.1) is 0 Å². The van der Waals surface area contributed by atoms with E-state index >= 15 is 0 Å². The molecule has 0 saturated heterocycles. The molecule has 5 aliphatic rings. The van der Waals surface area contributed by atoms with Gasteiger partial charge in [0, 0.05) is 22.7 Å². The van der Waals surface area contributed by atoms with Crippen molar-refractivity contribution in [3.8, 4) is 0 Å². The molecule has 0 bridgehead atoms. The third kappa shape index (κ3) is 5.69. The van der Waals surface area contributed by atoms with Crippen LogP contribution in [-0.4, -0.2) is 29.8 Å². The van der Waals surface area contributed by atoms with Crippen molar-refractivity contribution in [3.63, 3.8) is 0 Å². The Hall–Kier alpha value is -0.960. The van der Waals surface area contributed by atoms with E-state index in [-0.39, 0.29) is 121 Å². The van der Waals surface area contributed by atoms with E-state index in [1.165, 1.54) is 29.8 Å². The number of rotatable bonds is 4. The number of allylic oxidation sites excluding steroid dienone is 2. The van der Waals surface area contributed by atoms with E-state index in [2.05, 4.69) is 41.5 Å². The van der Waals surface area contributed by atoms with Gasteiger partial charge in [0.1, 0.15) is 6.10 Å². The summed E-state index contributed by atoms with van der Waals surface area (Å²) < 4.78 is 6.14. The molecule has 1 aromatic rings. The number of hydrogen-bond donors (Lipinski definition) is 0. The van der Waals surface area contributed by atoms with Gasteiger partial charge < -0.3 is 24.5 Å². The standard InChI is InChI=1S/C38H50O7.2Na/c1-33(2)27-12-15-38(7)29(36(27,5)14-13-28(33)45-31(42)23-10-8-22(9-11-23)30(40)41)26(39)20-24-25-21-35(4,32(43)44)17-16-34(25,3)18-19-37(24,38)6;;/h8-11,20,25,27-29H,12-19,21H2,1-7H3,(H,40,41)(H,43,44);;/q;2*+1/p-2/t25-,27-,28-,29+,34+,35-,36-,37+,38+;;/m0../s1. The molecular formula is C38H48Na2O7. The van der Waals surface area contributed by atoms with Gasteiger partial charge in [-0.2, -0.15) is 0 Å². The van der Waals surface area contributed by atoms with Gasteiger partial charge in [-0.05, 0) is 115 Å². The van der Waals surface area contributed by atoms with Crippen molar-refractivity contribution in [2.75, 3.05) is 0 Å². The fourth-order valence-corrected chi connectivity index (χ4v) is 11.5. The summed E-state index contributed by atoms with van der Waals surface area (Å²) >= 11 is 0. The molecule has 1 aromatic carbocycles. The minimum atomic E-state index is -1.29. The molecule has 244 valence electrons. The number of benzene rings is 1. The number of carbonyl (C=O) groups is 4. The van der Waals surface area contributed by atoms with Crippen molar-refractivity contribution in [2.45, 2.75) is 112 Å². The molecule has 6 rings (SSSR count). The van der Waals surface area contributed by atoms with Crippen LogP contribution in [-0.2, 0) is 14.3 Å².